The molecule has 3 fully saturated rings. The van der Waals surface area contributed by atoms with E-state index in [0.717, 1.165) is 18.9 Å². The SMILES string of the molecule is C=CC(=O)OCCC(=O)OC1C2CC3C(=O)OC1C3C2. The molecular formula is C14H16O6. The van der Waals surface area contributed by atoms with Gasteiger partial charge in [-0.2, -0.15) is 0 Å². The second-order valence-electron chi connectivity index (χ2n) is 5.48. The molecule has 0 aromatic rings. The van der Waals surface area contributed by atoms with Crippen LogP contribution in [0.5, 0.6) is 0 Å². The molecule has 1 aliphatic heterocycles. The molecule has 0 radical (unpaired) electrons. The van der Waals surface area contributed by atoms with Crippen LogP contribution in [0.25, 0.3) is 0 Å². The number of ether oxygens (including phenoxy) is 3. The predicted octanol–water partition coefficient (Wildman–Crippen LogP) is 0.599. The summed E-state index contributed by atoms with van der Waals surface area (Å²) in [5.74, 6) is -0.705. The summed E-state index contributed by atoms with van der Waals surface area (Å²) in [4.78, 5) is 34.1. The summed E-state index contributed by atoms with van der Waals surface area (Å²) in [7, 11) is 0. The molecule has 3 aliphatic rings. The normalized spacial score (nSPS) is 36.6. The van der Waals surface area contributed by atoms with Gasteiger partial charge in [0.15, 0.2) is 0 Å². The molecule has 6 nitrogen and oxygen atoms in total. The van der Waals surface area contributed by atoms with Gasteiger partial charge in [0.1, 0.15) is 18.8 Å². The van der Waals surface area contributed by atoms with Gasteiger partial charge in [0.2, 0.25) is 0 Å². The largest absolute Gasteiger partial charge is 0.462 e. The van der Waals surface area contributed by atoms with Crippen LogP contribution in [-0.2, 0) is 28.6 Å². The third-order valence-corrected chi connectivity index (χ3v) is 4.40. The van der Waals surface area contributed by atoms with Gasteiger partial charge in [-0.3, -0.25) is 9.59 Å². The number of esters is 3. The Balaban J connectivity index is 1.49. The summed E-state index contributed by atoms with van der Waals surface area (Å²) in [6.45, 7) is 3.23. The van der Waals surface area contributed by atoms with Gasteiger partial charge in [0, 0.05) is 17.9 Å². The lowest BCUT2D eigenvalue weighted by molar-refractivity contribution is -0.163. The second-order valence-corrected chi connectivity index (χ2v) is 5.48. The Morgan fingerprint density at radius 1 is 1.40 bits per heavy atom. The monoisotopic (exact) mass is 280 g/mol. The zero-order valence-corrected chi connectivity index (χ0v) is 10.9. The highest BCUT2D eigenvalue weighted by Crippen LogP contribution is 2.55. The van der Waals surface area contributed by atoms with E-state index >= 15 is 0 Å². The maximum absolute atomic E-state index is 11.7. The van der Waals surface area contributed by atoms with Crippen molar-refractivity contribution in [2.45, 2.75) is 31.5 Å². The molecule has 20 heavy (non-hydrogen) atoms. The first-order chi connectivity index (χ1) is 9.60. The van der Waals surface area contributed by atoms with Gasteiger partial charge in [-0.1, -0.05) is 6.58 Å². The van der Waals surface area contributed by atoms with Crippen LogP contribution in [0.15, 0.2) is 12.7 Å². The first kappa shape index (κ1) is 13.1. The van der Waals surface area contributed by atoms with E-state index in [4.69, 9.17) is 14.2 Å². The highest BCUT2D eigenvalue weighted by molar-refractivity contribution is 5.81. The van der Waals surface area contributed by atoms with Crippen LogP contribution in [0.4, 0.5) is 0 Å². The van der Waals surface area contributed by atoms with Crippen LogP contribution >= 0.6 is 0 Å². The van der Waals surface area contributed by atoms with Gasteiger partial charge in [-0.05, 0) is 12.8 Å². The highest BCUT2D eigenvalue weighted by atomic mass is 16.6. The smallest absolute Gasteiger partial charge is 0.330 e. The third-order valence-electron chi connectivity index (χ3n) is 4.40. The summed E-state index contributed by atoms with van der Waals surface area (Å²) >= 11 is 0. The average molecular weight is 280 g/mol. The lowest BCUT2D eigenvalue weighted by atomic mass is 9.88. The maximum atomic E-state index is 11.7. The van der Waals surface area contributed by atoms with Crippen LogP contribution in [0.2, 0.25) is 0 Å². The summed E-state index contributed by atoms with van der Waals surface area (Å²) in [5.41, 5.74) is 0. The van der Waals surface area contributed by atoms with Crippen molar-refractivity contribution in [2.75, 3.05) is 6.61 Å². The minimum absolute atomic E-state index is 0.00242. The fourth-order valence-corrected chi connectivity index (χ4v) is 3.57. The van der Waals surface area contributed by atoms with Crippen LogP contribution < -0.4 is 0 Å². The Morgan fingerprint density at radius 3 is 2.95 bits per heavy atom. The van der Waals surface area contributed by atoms with Gasteiger partial charge < -0.3 is 14.2 Å². The molecule has 6 heteroatoms. The molecular weight excluding hydrogens is 264 g/mol. The van der Waals surface area contributed by atoms with Gasteiger partial charge >= 0.3 is 17.9 Å². The van der Waals surface area contributed by atoms with Crippen molar-refractivity contribution in [2.24, 2.45) is 17.8 Å². The lowest BCUT2D eigenvalue weighted by Gasteiger charge is -2.25. The summed E-state index contributed by atoms with van der Waals surface area (Å²) in [6.07, 6.45) is 2.08. The molecule has 0 spiro atoms. The standard InChI is InChI=1S/C14H16O6/c1-2-10(15)18-4-3-11(16)19-12-7-5-8-9(6-7)14(17)20-13(8)12/h2,7-9,12-13H,1,3-6H2. The van der Waals surface area contributed by atoms with Crippen LogP contribution in [0.1, 0.15) is 19.3 Å². The van der Waals surface area contributed by atoms with E-state index in [-0.39, 0.29) is 49.0 Å². The Kier molecular flexibility index (Phi) is 3.23. The minimum Gasteiger partial charge on any atom is -0.462 e. The zero-order chi connectivity index (χ0) is 14.3. The third kappa shape index (κ3) is 2.09. The Morgan fingerprint density at radius 2 is 2.20 bits per heavy atom. The average Bonchev–Trinajstić information content (AvgIpc) is 3.03. The Bertz CT molecular complexity index is 470. The van der Waals surface area contributed by atoms with Gasteiger partial charge in [0.25, 0.3) is 0 Å². The van der Waals surface area contributed by atoms with Crippen molar-refractivity contribution in [1.82, 2.24) is 0 Å². The van der Waals surface area contributed by atoms with Crippen molar-refractivity contribution in [1.29, 1.82) is 0 Å². The molecule has 0 N–H and O–H groups in total. The molecule has 1 saturated heterocycles. The number of hydrogen-bond donors (Lipinski definition) is 0. The number of hydrogen-bond acceptors (Lipinski definition) is 6. The van der Waals surface area contributed by atoms with Crippen molar-refractivity contribution in [3.8, 4) is 0 Å². The van der Waals surface area contributed by atoms with Crippen molar-refractivity contribution >= 4 is 17.9 Å². The molecule has 108 valence electrons. The summed E-state index contributed by atoms with van der Waals surface area (Å²) in [6, 6.07) is 0. The molecule has 5 unspecified atom stereocenters. The van der Waals surface area contributed by atoms with Crippen LogP contribution in [0.3, 0.4) is 0 Å². The van der Waals surface area contributed by atoms with Gasteiger partial charge in [-0.15, -0.1) is 0 Å². The van der Waals surface area contributed by atoms with Gasteiger partial charge in [0.05, 0.1) is 12.3 Å². The Labute approximate surface area is 116 Å². The molecule has 3 rings (SSSR count). The molecule has 0 aromatic heterocycles. The zero-order valence-electron chi connectivity index (χ0n) is 10.9. The first-order valence-corrected chi connectivity index (χ1v) is 6.79. The molecule has 2 bridgehead atoms. The topological polar surface area (TPSA) is 78.9 Å². The van der Waals surface area contributed by atoms with E-state index in [1.165, 1.54) is 0 Å². The highest BCUT2D eigenvalue weighted by Gasteiger charge is 2.63. The van der Waals surface area contributed by atoms with E-state index in [1.807, 2.05) is 0 Å². The Hall–Kier alpha value is -1.85. The summed E-state index contributed by atoms with van der Waals surface area (Å²) < 4.78 is 15.4. The first-order valence-electron chi connectivity index (χ1n) is 6.79. The van der Waals surface area contributed by atoms with Crippen molar-refractivity contribution in [3.63, 3.8) is 0 Å². The maximum Gasteiger partial charge on any atom is 0.330 e. The molecule has 2 saturated carbocycles. The molecule has 2 aliphatic carbocycles. The number of carbonyl (C=O) groups is 3. The quantitative estimate of drug-likeness (QED) is 0.417. The lowest BCUT2D eigenvalue weighted by Crippen LogP contribution is -2.36. The molecule has 0 aromatic carbocycles. The van der Waals surface area contributed by atoms with Crippen molar-refractivity contribution < 1.29 is 28.6 Å². The number of carbonyl (C=O) groups excluding carboxylic acids is 3. The number of fused-ring (bicyclic) bond motifs is 1. The number of rotatable bonds is 5. The molecule has 1 heterocycles. The van der Waals surface area contributed by atoms with E-state index < -0.39 is 11.9 Å². The van der Waals surface area contributed by atoms with Crippen molar-refractivity contribution in [3.05, 3.63) is 12.7 Å². The fraction of sp³-hybridized carbons (Fsp3) is 0.643. The summed E-state index contributed by atoms with van der Waals surface area (Å²) in [5, 5.41) is 0. The van der Waals surface area contributed by atoms with Crippen LogP contribution in [-0.4, -0.2) is 36.7 Å². The van der Waals surface area contributed by atoms with Crippen LogP contribution in [0, 0.1) is 17.8 Å². The van der Waals surface area contributed by atoms with E-state index in [0.29, 0.717) is 0 Å². The fourth-order valence-electron chi connectivity index (χ4n) is 3.57. The van der Waals surface area contributed by atoms with E-state index in [2.05, 4.69) is 6.58 Å². The molecule has 5 atom stereocenters. The second kappa shape index (κ2) is 4.92. The van der Waals surface area contributed by atoms with E-state index in [1.54, 1.807) is 0 Å². The predicted molar refractivity (Wildman–Crippen MR) is 65.2 cm³/mol. The van der Waals surface area contributed by atoms with E-state index in [9.17, 15) is 14.4 Å². The molecule has 0 amide bonds. The minimum atomic E-state index is -0.565. The van der Waals surface area contributed by atoms with Gasteiger partial charge in [-0.25, -0.2) is 4.79 Å².